The summed E-state index contributed by atoms with van der Waals surface area (Å²) in [6.45, 7) is 4.48. The van der Waals surface area contributed by atoms with Gasteiger partial charge in [0.2, 0.25) is 0 Å². The average molecular weight is 161 g/mol. The van der Waals surface area contributed by atoms with Crippen LogP contribution in [-0.2, 0) is 0 Å². The van der Waals surface area contributed by atoms with E-state index in [2.05, 4.69) is 20.1 Å². The highest BCUT2D eigenvalue weighted by Gasteiger charge is 2.05. The topological polar surface area (TPSA) is 26.0 Å². The van der Waals surface area contributed by atoms with Crippen molar-refractivity contribution in [3.05, 3.63) is 0 Å². The predicted molar refractivity (Wildman–Crippen MR) is 50.4 cm³/mol. The lowest BCUT2D eigenvalue weighted by atomic mass is 10.0. The first-order valence-corrected chi connectivity index (χ1v) is 5.34. The molecule has 2 heteroatoms. The summed E-state index contributed by atoms with van der Waals surface area (Å²) in [5.41, 5.74) is 5.84. The van der Waals surface area contributed by atoms with Crippen LogP contribution in [0.5, 0.6) is 0 Å². The minimum Gasteiger partial charge on any atom is -0.327 e. The molecule has 0 heterocycles. The molecule has 0 radical (unpaired) electrons. The third-order valence-corrected chi connectivity index (χ3v) is 2.54. The molecule has 62 valence electrons. The maximum absolute atomic E-state index is 5.84. The zero-order valence-corrected chi connectivity index (χ0v) is 8.08. The summed E-state index contributed by atoms with van der Waals surface area (Å²) in [6, 6.07) is 0.407. The second kappa shape index (κ2) is 6.05. The minimum absolute atomic E-state index is 0.407. The molecule has 0 spiro atoms. The Kier molecular flexibility index (Phi) is 6.24. The summed E-state index contributed by atoms with van der Waals surface area (Å²) < 4.78 is 0. The number of thioether (sulfide) groups is 1. The van der Waals surface area contributed by atoms with Crippen LogP contribution in [-0.4, -0.2) is 18.1 Å². The maximum atomic E-state index is 5.84. The van der Waals surface area contributed by atoms with Gasteiger partial charge in [0.1, 0.15) is 0 Å². The molecule has 10 heavy (non-hydrogen) atoms. The largest absolute Gasteiger partial charge is 0.327 e. The Labute approximate surface area is 68.8 Å². The number of hydrogen-bond acceptors (Lipinski definition) is 2. The molecule has 0 aliphatic rings. The van der Waals surface area contributed by atoms with Gasteiger partial charge in [-0.3, -0.25) is 0 Å². The van der Waals surface area contributed by atoms with Crippen molar-refractivity contribution >= 4 is 11.8 Å². The molecule has 0 fully saturated rings. The SMILES string of the molecule is CCC(C)CC(N)CSC. The highest BCUT2D eigenvalue weighted by molar-refractivity contribution is 7.98. The molecular weight excluding hydrogens is 142 g/mol. The molecule has 0 saturated carbocycles. The van der Waals surface area contributed by atoms with E-state index in [-0.39, 0.29) is 0 Å². The summed E-state index contributed by atoms with van der Waals surface area (Å²) >= 11 is 1.84. The third-order valence-electron chi connectivity index (χ3n) is 1.78. The Hall–Kier alpha value is 0.310. The van der Waals surface area contributed by atoms with Gasteiger partial charge >= 0.3 is 0 Å². The molecule has 0 amide bonds. The molecule has 2 atom stereocenters. The van der Waals surface area contributed by atoms with Crippen LogP contribution in [0.4, 0.5) is 0 Å². The molecule has 0 saturated heterocycles. The number of nitrogens with two attached hydrogens (primary N) is 1. The Balaban J connectivity index is 3.27. The van der Waals surface area contributed by atoms with Crippen LogP contribution in [0, 0.1) is 5.92 Å². The highest BCUT2D eigenvalue weighted by atomic mass is 32.2. The van der Waals surface area contributed by atoms with Crippen molar-refractivity contribution in [2.45, 2.75) is 32.7 Å². The highest BCUT2D eigenvalue weighted by Crippen LogP contribution is 2.10. The number of hydrogen-bond donors (Lipinski definition) is 1. The molecule has 0 aromatic carbocycles. The van der Waals surface area contributed by atoms with Gasteiger partial charge in [-0.1, -0.05) is 20.3 Å². The smallest absolute Gasteiger partial charge is 0.0132 e. The lowest BCUT2D eigenvalue weighted by Crippen LogP contribution is -2.25. The zero-order valence-electron chi connectivity index (χ0n) is 7.26. The van der Waals surface area contributed by atoms with Crippen molar-refractivity contribution in [3.63, 3.8) is 0 Å². The van der Waals surface area contributed by atoms with Gasteiger partial charge in [-0.2, -0.15) is 11.8 Å². The summed E-state index contributed by atoms with van der Waals surface area (Å²) in [4.78, 5) is 0. The maximum Gasteiger partial charge on any atom is 0.0132 e. The second-order valence-corrected chi connectivity index (χ2v) is 3.88. The van der Waals surface area contributed by atoms with Crippen LogP contribution in [0.25, 0.3) is 0 Å². The summed E-state index contributed by atoms with van der Waals surface area (Å²) in [5, 5.41) is 0. The first-order chi connectivity index (χ1) is 4.70. The van der Waals surface area contributed by atoms with E-state index in [1.807, 2.05) is 11.8 Å². The fraction of sp³-hybridized carbons (Fsp3) is 1.00. The van der Waals surface area contributed by atoms with Gasteiger partial charge in [0.05, 0.1) is 0 Å². The average Bonchev–Trinajstić information content (AvgIpc) is 1.88. The third kappa shape index (κ3) is 5.12. The summed E-state index contributed by atoms with van der Waals surface area (Å²) in [6.07, 6.45) is 4.54. The lowest BCUT2D eigenvalue weighted by molar-refractivity contribution is 0.473. The van der Waals surface area contributed by atoms with Crippen LogP contribution in [0.3, 0.4) is 0 Å². The van der Waals surface area contributed by atoms with E-state index in [1.54, 1.807) is 0 Å². The molecule has 0 rings (SSSR count). The molecule has 2 unspecified atom stereocenters. The van der Waals surface area contributed by atoms with Crippen molar-refractivity contribution in [1.82, 2.24) is 0 Å². The quantitative estimate of drug-likeness (QED) is 0.668. The first-order valence-electron chi connectivity index (χ1n) is 3.95. The fourth-order valence-electron chi connectivity index (χ4n) is 0.966. The van der Waals surface area contributed by atoms with E-state index in [1.165, 1.54) is 12.8 Å². The predicted octanol–water partition coefficient (Wildman–Crippen LogP) is 2.11. The molecule has 0 aliphatic carbocycles. The Bertz CT molecular complexity index is 75.7. The molecular formula is C8H19NS. The van der Waals surface area contributed by atoms with Gasteiger partial charge in [-0.25, -0.2) is 0 Å². The van der Waals surface area contributed by atoms with E-state index in [0.29, 0.717) is 6.04 Å². The Morgan fingerprint density at radius 1 is 1.50 bits per heavy atom. The van der Waals surface area contributed by atoms with Crippen molar-refractivity contribution in [1.29, 1.82) is 0 Å². The van der Waals surface area contributed by atoms with Gasteiger partial charge in [0.15, 0.2) is 0 Å². The van der Waals surface area contributed by atoms with E-state index in [9.17, 15) is 0 Å². The Morgan fingerprint density at radius 2 is 2.10 bits per heavy atom. The van der Waals surface area contributed by atoms with Crippen LogP contribution >= 0.6 is 11.8 Å². The Morgan fingerprint density at radius 3 is 2.50 bits per heavy atom. The normalized spacial score (nSPS) is 16.8. The standard InChI is InChI=1S/C8H19NS/c1-4-7(2)5-8(9)6-10-3/h7-8H,4-6,9H2,1-3H3. The van der Waals surface area contributed by atoms with Gasteiger partial charge in [-0.05, 0) is 18.6 Å². The van der Waals surface area contributed by atoms with Crippen molar-refractivity contribution < 1.29 is 0 Å². The molecule has 0 aliphatic heterocycles. The second-order valence-electron chi connectivity index (χ2n) is 2.96. The van der Waals surface area contributed by atoms with Crippen LogP contribution in [0.2, 0.25) is 0 Å². The van der Waals surface area contributed by atoms with Gasteiger partial charge in [-0.15, -0.1) is 0 Å². The van der Waals surface area contributed by atoms with Crippen LogP contribution in [0.15, 0.2) is 0 Å². The van der Waals surface area contributed by atoms with Crippen molar-refractivity contribution in [2.75, 3.05) is 12.0 Å². The van der Waals surface area contributed by atoms with E-state index in [0.717, 1.165) is 11.7 Å². The molecule has 0 bridgehead atoms. The zero-order chi connectivity index (χ0) is 7.98. The fourth-order valence-corrected chi connectivity index (χ4v) is 1.53. The molecule has 2 N–H and O–H groups in total. The minimum atomic E-state index is 0.407. The van der Waals surface area contributed by atoms with Crippen LogP contribution in [0.1, 0.15) is 26.7 Å². The van der Waals surface area contributed by atoms with E-state index in [4.69, 9.17) is 5.73 Å². The monoisotopic (exact) mass is 161 g/mol. The summed E-state index contributed by atoms with van der Waals surface area (Å²) in [7, 11) is 0. The van der Waals surface area contributed by atoms with E-state index < -0.39 is 0 Å². The van der Waals surface area contributed by atoms with Crippen LogP contribution < -0.4 is 5.73 Å². The lowest BCUT2D eigenvalue weighted by Gasteiger charge is -2.13. The van der Waals surface area contributed by atoms with E-state index >= 15 is 0 Å². The van der Waals surface area contributed by atoms with Gasteiger partial charge < -0.3 is 5.73 Å². The van der Waals surface area contributed by atoms with Crippen molar-refractivity contribution in [3.8, 4) is 0 Å². The number of rotatable bonds is 5. The first kappa shape index (κ1) is 10.3. The molecule has 1 nitrogen and oxygen atoms in total. The molecule has 0 aromatic heterocycles. The van der Waals surface area contributed by atoms with Gasteiger partial charge in [0, 0.05) is 11.8 Å². The van der Waals surface area contributed by atoms with Gasteiger partial charge in [0.25, 0.3) is 0 Å². The summed E-state index contributed by atoms with van der Waals surface area (Å²) in [5.74, 6) is 1.90. The molecule has 0 aromatic rings. The van der Waals surface area contributed by atoms with Crippen molar-refractivity contribution in [2.24, 2.45) is 11.7 Å².